The van der Waals surface area contributed by atoms with Crippen molar-refractivity contribution in [1.29, 1.82) is 0 Å². The molecule has 0 aliphatic carbocycles. The van der Waals surface area contributed by atoms with E-state index in [1.807, 2.05) is 0 Å². The van der Waals surface area contributed by atoms with Crippen LogP contribution in [-0.4, -0.2) is 28.1 Å². The van der Waals surface area contributed by atoms with Crippen molar-refractivity contribution in [2.75, 3.05) is 5.32 Å². The van der Waals surface area contributed by atoms with E-state index >= 15 is 0 Å². The average molecular weight is 483 g/mol. The number of hydrogen-bond donors (Lipinski definition) is 3. The Kier molecular flexibility index (Phi) is 6.73. The lowest BCUT2D eigenvalue weighted by atomic mass is 10.1. The third-order valence-corrected chi connectivity index (χ3v) is 4.61. The molecular formula is C21H15BrN4O5. The largest absolute Gasteiger partial charge is 0.507 e. The Balaban J connectivity index is 1.72. The number of aromatic hydroxyl groups is 1. The van der Waals surface area contributed by atoms with E-state index in [0.717, 1.165) is 4.47 Å². The van der Waals surface area contributed by atoms with Crippen LogP contribution in [-0.2, 0) is 0 Å². The number of nitro groups is 1. The van der Waals surface area contributed by atoms with Crippen molar-refractivity contribution in [1.82, 2.24) is 5.43 Å². The van der Waals surface area contributed by atoms with E-state index in [4.69, 9.17) is 0 Å². The highest BCUT2D eigenvalue weighted by Crippen LogP contribution is 2.20. The number of hydrogen-bond acceptors (Lipinski definition) is 6. The Morgan fingerprint density at radius 1 is 1.03 bits per heavy atom. The van der Waals surface area contributed by atoms with Gasteiger partial charge < -0.3 is 10.4 Å². The molecule has 3 N–H and O–H groups in total. The summed E-state index contributed by atoms with van der Waals surface area (Å²) in [5.74, 6) is -1.11. The fraction of sp³-hybridized carbons (Fsp3) is 0. The zero-order valence-corrected chi connectivity index (χ0v) is 17.4. The molecule has 0 spiro atoms. The number of nitrogens with one attached hydrogen (secondary N) is 2. The predicted octanol–water partition coefficient (Wildman–Crippen LogP) is 4.08. The lowest BCUT2D eigenvalue weighted by Gasteiger charge is -2.10. The van der Waals surface area contributed by atoms with E-state index in [2.05, 4.69) is 31.8 Å². The molecule has 0 atom stereocenters. The molecule has 3 aromatic rings. The van der Waals surface area contributed by atoms with Crippen LogP contribution in [0.25, 0.3) is 0 Å². The van der Waals surface area contributed by atoms with Gasteiger partial charge in [-0.25, -0.2) is 5.43 Å². The number of phenolic OH excluding ortho intramolecular Hbond substituents is 1. The van der Waals surface area contributed by atoms with E-state index in [9.17, 15) is 24.8 Å². The van der Waals surface area contributed by atoms with Gasteiger partial charge in [0, 0.05) is 27.7 Å². The summed E-state index contributed by atoms with van der Waals surface area (Å²) in [5, 5.41) is 27.0. The van der Waals surface area contributed by atoms with Crippen LogP contribution in [0.3, 0.4) is 0 Å². The van der Waals surface area contributed by atoms with Crippen molar-refractivity contribution in [3.05, 3.63) is 98.0 Å². The summed E-state index contributed by atoms with van der Waals surface area (Å²) in [4.78, 5) is 35.2. The molecule has 0 saturated carbocycles. The molecule has 0 aliphatic rings. The van der Waals surface area contributed by atoms with Gasteiger partial charge in [0.15, 0.2) is 0 Å². The zero-order chi connectivity index (χ0) is 22.4. The van der Waals surface area contributed by atoms with E-state index < -0.39 is 16.7 Å². The standard InChI is InChI=1S/C21H15BrN4O5/c22-15-7-10-19(27)14(11-15)12-23-25-21(29)17-3-1-2-4-18(17)24-20(28)13-5-8-16(9-6-13)26(30)31/h1-12,27H,(H,24,28)(H,25,29)/b23-12-. The number of benzene rings is 3. The fourth-order valence-corrected chi connectivity index (χ4v) is 2.95. The molecule has 0 fully saturated rings. The Labute approximate surface area is 184 Å². The van der Waals surface area contributed by atoms with Gasteiger partial charge in [0.25, 0.3) is 17.5 Å². The minimum absolute atomic E-state index is 0.00281. The molecule has 2 amide bonds. The highest BCUT2D eigenvalue weighted by atomic mass is 79.9. The monoisotopic (exact) mass is 482 g/mol. The third kappa shape index (κ3) is 5.52. The van der Waals surface area contributed by atoms with Gasteiger partial charge in [-0.3, -0.25) is 19.7 Å². The number of para-hydroxylation sites is 1. The third-order valence-electron chi connectivity index (χ3n) is 4.12. The molecule has 0 unspecified atom stereocenters. The second kappa shape index (κ2) is 9.63. The van der Waals surface area contributed by atoms with Crippen molar-refractivity contribution in [2.45, 2.75) is 0 Å². The van der Waals surface area contributed by atoms with E-state index in [1.54, 1.807) is 30.3 Å². The first kappa shape index (κ1) is 21.7. The van der Waals surface area contributed by atoms with Crippen LogP contribution in [0, 0.1) is 10.1 Å². The SMILES string of the molecule is O=C(Nc1ccccc1C(=O)N/N=C\c1cc(Br)ccc1O)c1ccc([N+](=O)[O-])cc1. The summed E-state index contributed by atoms with van der Waals surface area (Å²) in [6.07, 6.45) is 1.29. The molecule has 0 radical (unpaired) electrons. The fourth-order valence-electron chi connectivity index (χ4n) is 2.57. The summed E-state index contributed by atoms with van der Waals surface area (Å²) >= 11 is 3.28. The minimum atomic E-state index is -0.578. The normalized spacial score (nSPS) is 10.6. The van der Waals surface area contributed by atoms with Gasteiger partial charge >= 0.3 is 0 Å². The first-order valence-electron chi connectivity index (χ1n) is 8.82. The highest BCUT2D eigenvalue weighted by molar-refractivity contribution is 9.10. The molecule has 31 heavy (non-hydrogen) atoms. The van der Waals surface area contributed by atoms with Crippen LogP contribution >= 0.6 is 15.9 Å². The predicted molar refractivity (Wildman–Crippen MR) is 118 cm³/mol. The van der Waals surface area contributed by atoms with Crippen molar-refractivity contribution >= 4 is 45.3 Å². The van der Waals surface area contributed by atoms with Crippen LogP contribution < -0.4 is 10.7 Å². The van der Waals surface area contributed by atoms with Crippen molar-refractivity contribution in [3.63, 3.8) is 0 Å². The van der Waals surface area contributed by atoms with E-state index in [-0.39, 0.29) is 28.3 Å². The number of hydrazone groups is 1. The number of anilines is 1. The molecular weight excluding hydrogens is 468 g/mol. The molecule has 156 valence electrons. The van der Waals surface area contributed by atoms with Crippen molar-refractivity contribution in [2.24, 2.45) is 5.10 Å². The van der Waals surface area contributed by atoms with Gasteiger partial charge in [0.1, 0.15) is 5.75 Å². The second-order valence-corrected chi connectivity index (χ2v) is 7.12. The molecule has 0 aromatic heterocycles. The maximum atomic E-state index is 12.5. The maximum absolute atomic E-state index is 12.5. The molecule has 3 rings (SSSR count). The summed E-state index contributed by atoms with van der Waals surface area (Å²) < 4.78 is 0.734. The van der Waals surface area contributed by atoms with Gasteiger partial charge in [0.05, 0.1) is 22.4 Å². The Morgan fingerprint density at radius 3 is 2.45 bits per heavy atom. The van der Waals surface area contributed by atoms with E-state index in [1.165, 1.54) is 42.6 Å². The van der Waals surface area contributed by atoms with Gasteiger partial charge in [0.2, 0.25) is 0 Å². The summed E-state index contributed by atoms with van der Waals surface area (Å²) in [7, 11) is 0. The van der Waals surface area contributed by atoms with Gasteiger partial charge in [-0.15, -0.1) is 0 Å². The highest BCUT2D eigenvalue weighted by Gasteiger charge is 2.15. The minimum Gasteiger partial charge on any atom is -0.507 e. The number of non-ortho nitro benzene ring substituents is 1. The summed E-state index contributed by atoms with van der Waals surface area (Å²) in [6.45, 7) is 0. The zero-order valence-electron chi connectivity index (χ0n) is 15.8. The number of carbonyl (C=O) groups excluding carboxylic acids is 2. The molecule has 0 aliphatic heterocycles. The summed E-state index contributed by atoms with van der Waals surface area (Å²) in [5.41, 5.74) is 3.21. The number of halogens is 1. The van der Waals surface area contributed by atoms with Crippen molar-refractivity contribution < 1.29 is 19.6 Å². The molecule has 0 heterocycles. The van der Waals surface area contributed by atoms with Gasteiger partial charge in [-0.05, 0) is 42.5 Å². The Hall–Kier alpha value is -4.05. The molecule has 0 saturated heterocycles. The number of nitrogens with zero attached hydrogens (tertiary/aromatic N) is 2. The van der Waals surface area contributed by atoms with Gasteiger partial charge in [-0.2, -0.15) is 5.10 Å². The Morgan fingerprint density at radius 2 is 1.74 bits per heavy atom. The number of nitro benzene ring substituents is 1. The van der Waals surface area contributed by atoms with Crippen LogP contribution in [0.5, 0.6) is 5.75 Å². The van der Waals surface area contributed by atoms with Crippen LogP contribution in [0.15, 0.2) is 76.3 Å². The average Bonchev–Trinajstić information content (AvgIpc) is 2.76. The summed E-state index contributed by atoms with van der Waals surface area (Å²) in [6, 6.07) is 16.2. The van der Waals surface area contributed by atoms with Gasteiger partial charge in [-0.1, -0.05) is 28.1 Å². The van der Waals surface area contributed by atoms with Crippen LogP contribution in [0.2, 0.25) is 0 Å². The number of rotatable bonds is 6. The molecule has 0 bridgehead atoms. The lowest BCUT2D eigenvalue weighted by molar-refractivity contribution is -0.384. The topological polar surface area (TPSA) is 134 Å². The lowest BCUT2D eigenvalue weighted by Crippen LogP contribution is -2.21. The second-order valence-electron chi connectivity index (χ2n) is 6.21. The van der Waals surface area contributed by atoms with Crippen molar-refractivity contribution in [3.8, 4) is 5.75 Å². The quantitative estimate of drug-likeness (QED) is 0.276. The van der Waals surface area contributed by atoms with Crippen LogP contribution in [0.4, 0.5) is 11.4 Å². The first-order valence-corrected chi connectivity index (χ1v) is 9.61. The Bertz CT molecular complexity index is 1180. The van der Waals surface area contributed by atoms with E-state index in [0.29, 0.717) is 5.56 Å². The maximum Gasteiger partial charge on any atom is 0.273 e. The number of amides is 2. The first-order chi connectivity index (χ1) is 14.8. The number of phenols is 1. The van der Waals surface area contributed by atoms with Crippen LogP contribution in [0.1, 0.15) is 26.3 Å². The smallest absolute Gasteiger partial charge is 0.273 e. The molecule has 3 aromatic carbocycles. The molecule has 9 nitrogen and oxygen atoms in total. The number of carbonyl (C=O) groups is 2. The molecule has 10 heteroatoms.